The summed E-state index contributed by atoms with van der Waals surface area (Å²) in [5.41, 5.74) is -0.282. The van der Waals surface area contributed by atoms with E-state index in [-0.39, 0.29) is 5.60 Å². The molecule has 1 heterocycles. The highest BCUT2D eigenvalue weighted by Crippen LogP contribution is 2.40. The van der Waals surface area contributed by atoms with E-state index in [1.54, 1.807) is 0 Å². The summed E-state index contributed by atoms with van der Waals surface area (Å²) >= 11 is 0. The third kappa shape index (κ3) is 2.42. The summed E-state index contributed by atoms with van der Waals surface area (Å²) in [4.78, 5) is 4.52. The number of nitrogens with zero attached hydrogens (tertiary/aromatic N) is 2. The second-order valence-electron chi connectivity index (χ2n) is 5.30. The van der Waals surface area contributed by atoms with Gasteiger partial charge in [-0.05, 0) is 45.4 Å². The number of hydrogen-bond acceptors (Lipinski definition) is 5. The van der Waals surface area contributed by atoms with E-state index in [2.05, 4.69) is 15.5 Å². The fourth-order valence-corrected chi connectivity index (χ4v) is 2.69. The monoisotopic (exact) mass is 251 g/mol. The first-order valence-corrected chi connectivity index (χ1v) is 7.03. The summed E-state index contributed by atoms with van der Waals surface area (Å²) in [6.07, 6.45) is 6.92. The lowest BCUT2D eigenvalue weighted by Gasteiger charge is -2.24. The highest BCUT2D eigenvalue weighted by Gasteiger charge is 2.40. The first-order valence-electron chi connectivity index (χ1n) is 7.03. The first-order chi connectivity index (χ1) is 8.82. The van der Waals surface area contributed by atoms with Crippen molar-refractivity contribution in [3.05, 3.63) is 11.7 Å². The molecule has 2 saturated carbocycles. The fraction of sp³-hybridized carbons (Fsp3) is 0.846. The van der Waals surface area contributed by atoms with Crippen LogP contribution in [0.25, 0.3) is 0 Å². The molecule has 0 radical (unpaired) electrons. The highest BCUT2D eigenvalue weighted by molar-refractivity contribution is 5.04. The van der Waals surface area contributed by atoms with Gasteiger partial charge in [0.15, 0.2) is 0 Å². The summed E-state index contributed by atoms with van der Waals surface area (Å²) in [5, 5.41) is 7.52. The average Bonchev–Trinajstić information content (AvgIpc) is 2.90. The van der Waals surface area contributed by atoms with E-state index in [9.17, 15) is 0 Å². The normalized spacial score (nSPS) is 22.5. The van der Waals surface area contributed by atoms with Gasteiger partial charge >= 0.3 is 0 Å². The largest absolute Gasteiger partial charge is 0.367 e. The molecule has 100 valence electrons. The second-order valence-corrected chi connectivity index (χ2v) is 5.30. The molecule has 1 N–H and O–H groups in total. The molecular weight excluding hydrogens is 230 g/mol. The van der Waals surface area contributed by atoms with E-state index < -0.39 is 0 Å². The molecule has 0 amide bonds. The minimum atomic E-state index is -0.282. The maximum atomic E-state index is 5.92. The lowest BCUT2D eigenvalue weighted by molar-refractivity contribution is -0.0469. The SMILES string of the molecule is CCOC1(c2noc(CNC3CC3)n2)CCCC1. The van der Waals surface area contributed by atoms with Crippen LogP contribution in [0.2, 0.25) is 0 Å². The molecule has 1 aromatic heterocycles. The Balaban J connectivity index is 1.69. The predicted octanol–water partition coefficient (Wildman–Crippen LogP) is 2.13. The van der Waals surface area contributed by atoms with E-state index in [1.807, 2.05) is 6.92 Å². The van der Waals surface area contributed by atoms with Gasteiger partial charge in [0.2, 0.25) is 11.7 Å². The van der Waals surface area contributed by atoms with Gasteiger partial charge in [0.25, 0.3) is 0 Å². The standard InChI is InChI=1S/C13H21N3O2/c1-2-17-13(7-3-4-8-13)12-15-11(18-16-12)9-14-10-5-6-10/h10,14H,2-9H2,1H3. The summed E-state index contributed by atoms with van der Waals surface area (Å²) in [6, 6.07) is 0.660. The van der Waals surface area contributed by atoms with Crippen LogP contribution in [0, 0.1) is 0 Å². The van der Waals surface area contributed by atoms with Crippen LogP contribution in [0.4, 0.5) is 0 Å². The molecule has 3 rings (SSSR count). The molecule has 1 aromatic rings. The predicted molar refractivity (Wildman–Crippen MR) is 65.9 cm³/mol. The van der Waals surface area contributed by atoms with Crippen molar-refractivity contribution in [2.75, 3.05) is 6.61 Å². The molecule has 0 atom stereocenters. The third-order valence-corrected chi connectivity index (χ3v) is 3.83. The van der Waals surface area contributed by atoms with Gasteiger partial charge in [-0.15, -0.1) is 0 Å². The van der Waals surface area contributed by atoms with Gasteiger partial charge in [0.05, 0.1) is 6.54 Å². The van der Waals surface area contributed by atoms with E-state index in [1.165, 1.54) is 25.7 Å². The number of hydrogen-bond donors (Lipinski definition) is 1. The molecule has 5 heteroatoms. The Morgan fingerprint density at radius 2 is 2.17 bits per heavy atom. The van der Waals surface area contributed by atoms with E-state index in [0.717, 1.165) is 18.7 Å². The molecule has 0 aliphatic heterocycles. The van der Waals surface area contributed by atoms with Crippen molar-refractivity contribution >= 4 is 0 Å². The van der Waals surface area contributed by atoms with Crippen molar-refractivity contribution in [1.82, 2.24) is 15.5 Å². The van der Waals surface area contributed by atoms with Crippen LogP contribution in [-0.2, 0) is 16.9 Å². The maximum Gasteiger partial charge on any atom is 0.240 e. The first kappa shape index (κ1) is 12.1. The molecule has 18 heavy (non-hydrogen) atoms. The van der Waals surface area contributed by atoms with Crippen LogP contribution in [0.1, 0.15) is 57.2 Å². The quantitative estimate of drug-likeness (QED) is 0.839. The second kappa shape index (κ2) is 4.97. The summed E-state index contributed by atoms with van der Waals surface area (Å²) in [7, 11) is 0. The van der Waals surface area contributed by atoms with Crippen LogP contribution in [0.15, 0.2) is 4.52 Å². The van der Waals surface area contributed by atoms with Crippen molar-refractivity contribution in [1.29, 1.82) is 0 Å². The number of nitrogens with one attached hydrogen (secondary N) is 1. The zero-order chi connectivity index (χ0) is 12.4. The van der Waals surface area contributed by atoms with Gasteiger partial charge in [-0.2, -0.15) is 4.98 Å². The van der Waals surface area contributed by atoms with Gasteiger partial charge in [-0.3, -0.25) is 0 Å². The molecule has 0 unspecified atom stereocenters. The van der Waals surface area contributed by atoms with Crippen LogP contribution in [0.5, 0.6) is 0 Å². The molecular formula is C13H21N3O2. The fourth-order valence-electron chi connectivity index (χ4n) is 2.69. The van der Waals surface area contributed by atoms with Crippen molar-refractivity contribution in [2.45, 2.75) is 63.6 Å². The van der Waals surface area contributed by atoms with Crippen LogP contribution in [0.3, 0.4) is 0 Å². The van der Waals surface area contributed by atoms with Crippen LogP contribution >= 0.6 is 0 Å². The van der Waals surface area contributed by atoms with Crippen molar-refractivity contribution in [3.63, 3.8) is 0 Å². The van der Waals surface area contributed by atoms with Gasteiger partial charge in [-0.1, -0.05) is 5.16 Å². The highest BCUT2D eigenvalue weighted by atomic mass is 16.5. The Labute approximate surface area is 107 Å². The smallest absolute Gasteiger partial charge is 0.240 e. The van der Waals surface area contributed by atoms with E-state index in [4.69, 9.17) is 9.26 Å². The minimum Gasteiger partial charge on any atom is -0.367 e. The Hall–Kier alpha value is -0.940. The van der Waals surface area contributed by atoms with E-state index >= 15 is 0 Å². The third-order valence-electron chi connectivity index (χ3n) is 3.83. The lowest BCUT2D eigenvalue weighted by atomic mass is 10.0. The zero-order valence-electron chi connectivity index (χ0n) is 10.9. The Bertz CT molecular complexity index is 395. The molecule has 2 aliphatic rings. The Kier molecular flexibility index (Phi) is 3.35. The summed E-state index contributed by atoms with van der Waals surface area (Å²) in [5.74, 6) is 1.43. The molecule has 0 spiro atoms. The Morgan fingerprint density at radius 3 is 2.83 bits per heavy atom. The Morgan fingerprint density at radius 1 is 1.39 bits per heavy atom. The zero-order valence-corrected chi connectivity index (χ0v) is 10.9. The maximum absolute atomic E-state index is 5.92. The van der Waals surface area contributed by atoms with Crippen molar-refractivity contribution in [2.24, 2.45) is 0 Å². The van der Waals surface area contributed by atoms with Gasteiger partial charge < -0.3 is 14.6 Å². The molecule has 2 fully saturated rings. The molecule has 0 bridgehead atoms. The van der Waals surface area contributed by atoms with Crippen LogP contribution in [-0.4, -0.2) is 22.8 Å². The van der Waals surface area contributed by atoms with E-state index in [0.29, 0.717) is 25.1 Å². The van der Waals surface area contributed by atoms with Crippen molar-refractivity contribution in [3.8, 4) is 0 Å². The lowest BCUT2D eigenvalue weighted by Crippen LogP contribution is -2.27. The van der Waals surface area contributed by atoms with Gasteiger partial charge in [0.1, 0.15) is 5.60 Å². The molecule has 0 saturated heterocycles. The summed E-state index contributed by atoms with van der Waals surface area (Å²) < 4.78 is 11.2. The molecule has 5 nitrogen and oxygen atoms in total. The number of aromatic nitrogens is 2. The average molecular weight is 251 g/mol. The molecule has 2 aliphatic carbocycles. The molecule has 0 aromatic carbocycles. The number of rotatable bonds is 6. The minimum absolute atomic E-state index is 0.282. The van der Waals surface area contributed by atoms with Gasteiger partial charge in [-0.25, -0.2) is 0 Å². The van der Waals surface area contributed by atoms with Crippen molar-refractivity contribution < 1.29 is 9.26 Å². The number of ether oxygens (including phenoxy) is 1. The van der Waals surface area contributed by atoms with Gasteiger partial charge in [0, 0.05) is 12.6 Å². The summed E-state index contributed by atoms with van der Waals surface area (Å²) in [6.45, 7) is 3.40. The van der Waals surface area contributed by atoms with Crippen LogP contribution < -0.4 is 5.32 Å². The topological polar surface area (TPSA) is 60.2 Å².